The molecule has 0 aromatic heterocycles. The van der Waals surface area contributed by atoms with E-state index in [1.54, 1.807) is 0 Å². The van der Waals surface area contributed by atoms with Crippen LogP contribution in [0.15, 0.2) is 24.3 Å². The van der Waals surface area contributed by atoms with Crippen LogP contribution in [-0.2, 0) is 0 Å². The lowest BCUT2D eigenvalue weighted by molar-refractivity contribution is 0.121. The van der Waals surface area contributed by atoms with Gasteiger partial charge in [0.15, 0.2) is 0 Å². The minimum atomic E-state index is -0.437. The van der Waals surface area contributed by atoms with Crippen LogP contribution >= 0.6 is 24.0 Å². The number of hydrogen-bond donors (Lipinski definition) is 2. The molecule has 0 spiro atoms. The normalized spacial score (nSPS) is 35.9. The van der Waals surface area contributed by atoms with Crippen LogP contribution in [0.25, 0.3) is 0 Å². The van der Waals surface area contributed by atoms with Crippen LogP contribution in [0.4, 0.5) is 0 Å². The Hall–Kier alpha value is -0.280. The number of benzene rings is 1. The van der Waals surface area contributed by atoms with E-state index in [9.17, 15) is 5.11 Å². The van der Waals surface area contributed by atoms with Gasteiger partial charge in [0.05, 0.1) is 6.10 Å². The van der Waals surface area contributed by atoms with Gasteiger partial charge in [0.1, 0.15) is 0 Å². The maximum atomic E-state index is 10.3. The Labute approximate surface area is 113 Å². The van der Waals surface area contributed by atoms with Gasteiger partial charge in [0.25, 0.3) is 0 Å². The van der Waals surface area contributed by atoms with E-state index in [1.807, 2.05) is 24.3 Å². The molecule has 1 aromatic carbocycles. The Balaban J connectivity index is 0.00000108. The van der Waals surface area contributed by atoms with Crippen LogP contribution in [0.1, 0.15) is 31.4 Å². The van der Waals surface area contributed by atoms with E-state index in [0.29, 0.717) is 10.9 Å². The number of nitrogens with one attached hydrogen (secondary N) is 1. The molecule has 0 amide bonds. The Bertz CT molecular complexity index is 418. The van der Waals surface area contributed by atoms with Crippen molar-refractivity contribution in [3.05, 3.63) is 34.9 Å². The molecule has 17 heavy (non-hydrogen) atoms. The van der Waals surface area contributed by atoms with E-state index < -0.39 is 6.10 Å². The Morgan fingerprint density at radius 3 is 2.71 bits per heavy atom. The Morgan fingerprint density at radius 1 is 1.47 bits per heavy atom. The summed E-state index contributed by atoms with van der Waals surface area (Å²) in [6.07, 6.45) is 1.94. The molecule has 0 radical (unpaired) electrons. The van der Waals surface area contributed by atoms with Crippen LogP contribution in [-0.4, -0.2) is 16.7 Å². The van der Waals surface area contributed by atoms with Gasteiger partial charge >= 0.3 is 0 Å². The van der Waals surface area contributed by atoms with Crippen molar-refractivity contribution in [3.8, 4) is 0 Å². The number of aliphatic hydroxyl groups is 1. The Morgan fingerprint density at radius 2 is 2.18 bits per heavy atom. The molecule has 1 aromatic rings. The molecular weight excluding hydrogens is 257 g/mol. The SMILES string of the molecule is CC12CC(C1)[C@H]([C@H](O)c1cccc(Cl)c1)N2.Cl. The first-order valence-electron chi connectivity index (χ1n) is 5.79. The molecule has 2 nitrogen and oxygen atoms in total. The lowest BCUT2D eigenvalue weighted by Gasteiger charge is -2.33. The van der Waals surface area contributed by atoms with E-state index in [1.165, 1.54) is 12.8 Å². The molecule has 4 heteroatoms. The molecule has 94 valence electrons. The second-order valence-corrected chi connectivity index (χ2v) is 5.84. The van der Waals surface area contributed by atoms with Gasteiger partial charge in [-0.1, -0.05) is 23.7 Å². The molecule has 3 aliphatic rings. The third-order valence-electron chi connectivity index (χ3n) is 3.98. The fourth-order valence-electron chi connectivity index (χ4n) is 3.22. The Kier molecular flexibility index (Phi) is 3.43. The zero-order valence-corrected chi connectivity index (χ0v) is 11.3. The molecule has 0 unspecified atom stereocenters. The highest BCUT2D eigenvalue weighted by Crippen LogP contribution is 2.50. The predicted molar refractivity (Wildman–Crippen MR) is 71.7 cm³/mol. The van der Waals surface area contributed by atoms with E-state index in [-0.39, 0.29) is 24.0 Å². The maximum Gasteiger partial charge on any atom is 0.0946 e. The number of rotatable bonds is 2. The fourth-order valence-corrected chi connectivity index (χ4v) is 3.42. The van der Waals surface area contributed by atoms with Crippen molar-refractivity contribution >= 4 is 24.0 Å². The molecular formula is C13H17Cl2NO. The van der Waals surface area contributed by atoms with Crippen molar-refractivity contribution in [2.75, 3.05) is 0 Å². The summed E-state index contributed by atoms with van der Waals surface area (Å²) in [5.41, 5.74) is 1.19. The van der Waals surface area contributed by atoms with Gasteiger partial charge in [-0.25, -0.2) is 0 Å². The third-order valence-corrected chi connectivity index (χ3v) is 4.21. The molecule has 2 bridgehead atoms. The summed E-state index contributed by atoms with van der Waals surface area (Å²) in [7, 11) is 0. The summed E-state index contributed by atoms with van der Waals surface area (Å²) in [6, 6.07) is 7.72. The summed E-state index contributed by atoms with van der Waals surface area (Å²) in [4.78, 5) is 0. The van der Waals surface area contributed by atoms with Crippen LogP contribution in [0, 0.1) is 5.92 Å². The predicted octanol–water partition coefficient (Wildman–Crippen LogP) is 2.94. The van der Waals surface area contributed by atoms with Crippen molar-refractivity contribution < 1.29 is 5.11 Å². The average Bonchev–Trinajstić information content (AvgIpc) is 2.70. The molecule has 1 saturated carbocycles. The summed E-state index contributed by atoms with van der Waals surface area (Å²) in [5, 5.41) is 14.6. The van der Waals surface area contributed by atoms with E-state index in [2.05, 4.69) is 12.2 Å². The molecule has 2 N–H and O–H groups in total. The second-order valence-electron chi connectivity index (χ2n) is 5.40. The standard InChI is InChI=1S/C13H16ClNO.ClH/c1-13-6-9(7-13)11(15-13)12(16)8-3-2-4-10(14)5-8;/h2-5,9,11-12,15-16H,6-7H2,1H3;1H/t9?,11-,12-,13?;/m1./s1. The lowest BCUT2D eigenvalue weighted by Crippen LogP contribution is -2.40. The van der Waals surface area contributed by atoms with Gasteiger partial charge in [0.2, 0.25) is 0 Å². The first kappa shape index (κ1) is 13.2. The molecule has 2 aliphatic heterocycles. The van der Waals surface area contributed by atoms with Crippen LogP contribution in [0.2, 0.25) is 5.02 Å². The topological polar surface area (TPSA) is 32.3 Å². The van der Waals surface area contributed by atoms with Gasteiger partial charge in [-0.3, -0.25) is 0 Å². The number of fused-ring (bicyclic) bond motifs is 1. The molecule has 1 aliphatic carbocycles. The summed E-state index contributed by atoms with van der Waals surface area (Å²) in [6.45, 7) is 2.23. The molecule has 2 saturated heterocycles. The summed E-state index contributed by atoms with van der Waals surface area (Å²) >= 11 is 5.94. The quantitative estimate of drug-likeness (QED) is 0.869. The number of halogens is 2. The summed E-state index contributed by atoms with van der Waals surface area (Å²) < 4.78 is 0. The van der Waals surface area contributed by atoms with Gasteiger partial charge in [-0.2, -0.15) is 0 Å². The maximum absolute atomic E-state index is 10.3. The minimum Gasteiger partial charge on any atom is -0.387 e. The molecule has 2 atom stereocenters. The highest BCUT2D eigenvalue weighted by molar-refractivity contribution is 6.30. The monoisotopic (exact) mass is 273 g/mol. The van der Waals surface area contributed by atoms with E-state index in [4.69, 9.17) is 11.6 Å². The van der Waals surface area contributed by atoms with E-state index >= 15 is 0 Å². The van der Waals surface area contributed by atoms with Gasteiger partial charge in [0, 0.05) is 16.6 Å². The van der Waals surface area contributed by atoms with Gasteiger partial charge in [-0.05, 0) is 43.4 Å². The highest BCUT2D eigenvalue weighted by atomic mass is 35.5. The first-order valence-corrected chi connectivity index (χ1v) is 6.16. The van der Waals surface area contributed by atoms with Gasteiger partial charge in [-0.15, -0.1) is 12.4 Å². The largest absolute Gasteiger partial charge is 0.387 e. The van der Waals surface area contributed by atoms with E-state index in [0.717, 1.165) is 5.56 Å². The lowest BCUT2D eigenvalue weighted by atomic mass is 9.72. The van der Waals surface area contributed by atoms with Crippen molar-refractivity contribution in [1.29, 1.82) is 0 Å². The number of aliphatic hydroxyl groups excluding tert-OH is 1. The molecule has 3 fully saturated rings. The first-order chi connectivity index (χ1) is 7.57. The third kappa shape index (κ3) is 2.19. The minimum absolute atomic E-state index is 0. The fraction of sp³-hybridized carbons (Fsp3) is 0.538. The van der Waals surface area contributed by atoms with Crippen molar-refractivity contribution in [1.82, 2.24) is 5.32 Å². The second kappa shape index (κ2) is 4.43. The zero-order valence-electron chi connectivity index (χ0n) is 9.69. The summed E-state index contributed by atoms with van der Waals surface area (Å²) in [5.74, 6) is 0.624. The van der Waals surface area contributed by atoms with Gasteiger partial charge < -0.3 is 10.4 Å². The zero-order chi connectivity index (χ0) is 11.3. The highest BCUT2D eigenvalue weighted by Gasteiger charge is 2.54. The van der Waals surface area contributed by atoms with Crippen LogP contribution in [0.5, 0.6) is 0 Å². The smallest absolute Gasteiger partial charge is 0.0946 e. The molecule has 4 rings (SSSR count). The average molecular weight is 274 g/mol. The molecule has 2 heterocycles. The van der Waals surface area contributed by atoms with Crippen LogP contribution in [0.3, 0.4) is 0 Å². The van der Waals surface area contributed by atoms with Crippen molar-refractivity contribution in [2.24, 2.45) is 5.92 Å². The number of hydrogen-bond acceptors (Lipinski definition) is 2. The van der Waals surface area contributed by atoms with Crippen molar-refractivity contribution in [3.63, 3.8) is 0 Å². The van der Waals surface area contributed by atoms with Crippen molar-refractivity contribution in [2.45, 2.75) is 37.5 Å². The van der Waals surface area contributed by atoms with Crippen LogP contribution < -0.4 is 5.32 Å².